The number of hydrogen-bond donors (Lipinski definition) is 0. The van der Waals surface area contributed by atoms with Gasteiger partial charge in [0.1, 0.15) is 11.9 Å². The van der Waals surface area contributed by atoms with Crippen molar-refractivity contribution in [3.63, 3.8) is 0 Å². The van der Waals surface area contributed by atoms with Gasteiger partial charge in [0.25, 0.3) is 5.91 Å². The third-order valence-electron chi connectivity index (χ3n) is 5.28. The molecule has 1 aliphatic heterocycles. The minimum atomic E-state index is -0.721. The van der Waals surface area contributed by atoms with E-state index in [1.165, 1.54) is 12.1 Å². The lowest BCUT2D eigenvalue weighted by molar-refractivity contribution is 0.0588. The molecule has 1 heterocycles. The van der Waals surface area contributed by atoms with Crippen LogP contribution in [0.2, 0.25) is 0 Å². The van der Waals surface area contributed by atoms with Gasteiger partial charge in [-0.3, -0.25) is 4.79 Å². The molecule has 0 radical (unpaired) electrons. The van der Waals surface area contributed by atoms with Crippen LogP contribution in [0.25, 0.3) is 0 Å². The molecule has 0 N–H and O–H groups in total. The molecule has 0 unspecified atom stereocenters. The van der Waals surface area contributed by atoms with Gasteiger partial charge in [0, 0.05) is 37.6 Å². The number of carbonyl (C=O) groups is 1. The Kier molecular flexibility index (Phi) is 7.71. The van der Waals surface area contributed by atoms with Crippen LogP contribution in [0.4, 0.5) is 8.78 Å². The number of rotatable bonds is 8. The first kappa shape index (κ1) is 22.8. The van der Waals surface area contributed by atoms with Crippen LogP contribution >= 0.6 is 0 Å². The summed E-state index contributed by atoms with van der Waals surface area (Å²) in [6.07, 6.45) is 1.84. The number of halogens is 2. The number of piperidine rings is 1. The number of benzene rings is 2. The Morgan fingerprint density at radius 1 is 1.06 bits per heavy atom. The van der Waals surface area contributed by atoms with Crippen molar-refractivity contribution in [1.29, 1.82) is 0 Å². The number of likely N-dealkylation sites (tertiary alicyclic amines) is 1. The van der Waals surface area contributed by atoms with Crippen molar-refractivity contribution in [2.75, 3.05) is 26.8 Å². The molecular formula is C24H29F2NO4. The Bertz CT molecular complexity index is 895. The largest absolute Gasteiger partial charge is 0.493 e. The van der Waals surface area contributed by atoms with Gasteiger partial charge in [0.15, 0.2) is 23.1 Å². The van der Waals surface area contributed by atoms with Gasteiger partial charge in [-0.25, -0.2) is 8.78 Å². The summed E-state index contributed by atoms with van der Waals surface area (Å²) in [5, 5.41) is 0. The van der Waals surface area contributed by atoms with Gasteiger partial charge in [-0.05, 0) is 42.7 Å². The standard InChI is InChI=1S/C24H29F2NO4/c1-16(2)10-13-30-22-6-4-17(14-23(22)29-3)24(28)27-11-8-19(9-12-27)31-21-7-5-18(25)15-20(21)26/h4-7,14-16,19H,8-13H2,1-3H3. The van der Waals surface area contributed by atoms with Crippen LogP contribution in [0.3, 0.4) is 0 Å². The fraction of sp³-hybridized carbons (Fsp3) is 0.458. The SMILES string of the molecule is COc1cc(C(=O)N2CCC(Oc3ccc(F)cc3F)CC2)ccc1OCCC(C)C. The van der Waals surface area contributed by atoms with Gasteiger partial charge in [-0.2, -0.15) is 0 Å². The molecule has 0 aliphatic carbocycles. The summed E-state index contributed by atoms with van der Waals surface area (Å²) in [6.45, 7) is 5.82. The van der Waals surface area contributed by atoms with Crippen molar-refractivity contribution < 1.29 is 27.8 Å². The monoisotopic (exact) mass is 433 g/mol. The Labute approximate surface area is 181 Å². The number of nitrogens with zero attached hydrogens (tertiary/aromatic N) is 1. The fourth-order valence-corrected chi connectivity index (χ4v) is 3.43. The van der Waals surface area contributed by atoms with E-state index in [0.717, 1.165) is 12.5 Å². The summed E-state index contributed by atoms with van der Waals surface area (Å²) in [6, 6.07) is 8.46. The fourth-order valence-electron chi connectivity index (χ4n) is 3.43. The second-order valence-corrected chi connectivity index (χ2v) is 8.08. The van der Waals surface area contributed by atoms with Crippen molar-refractivity contribution in [3.05, 3.63) is 53.6 Å². The second-order valence-electron chi connectivity index (χ2n) is 8.08. The van der Waals surface area contributed by atoms with E-state index in [9.17, 15) is 13.6 Å². The number of amides is 1. The lowest BCUT2D eigenvalue weighted by Crippen LogP contribution is -2.41. The Morgan fingerprint density at radius 3 is 2.42 bits per heavy atom. The maximum atomic E-state index is 13.8. The maximum absolute atomic E-state index is 13.8. The highest BCUT2D eigenvalue weighted by Crippen LogP contribution is 2.30. The van der Waals surface area contributed by atoms with Gasteiger partial charge in [0.05, 0.1) is 13.7 Å². The molecule has 1 aliphatic rings. The Morgan fingerprint density at radius 2 is 1.77 bits per heavy atom. The van der Waals surface area contributed by atoms with Crippen LogP contribution in [0.15, 0.2) is 36.4 Å². The minimum Gasteiger partial charge on any atom is -0.493 e. The minimum absolute atomic E-state index is 0.0315. The normalized spacial score (nSPS) is 14.6. The third-order valence-corrected chi connectivity index (χ3v) is 5.28. The highest BCUT2D eigenvalue weighted by atomic mass is 19.1. The van der Waals surface area contributed by atoms with Crippen LogP contribution in [-0.4, -0.2) is 43.7 Å². The van der Waals surface area contributed by atoms with Crippen LogP contribution < -0.4 is 14.2 Å². The highest BCUT2D eigenvalue weighted by molar-refractivity contribution is 5.95. The molecule has 0 saturated carbocycles. The van der Waals surface area contributed by atoms with E-state index in [1.54, 1.807) is 30.2 Å². The van der Waals surface area contributed by atoms with Gasteiger partial charge < -0.3 is 19.1 Å². The highest BCUT2D eigenvalue weighted by Gasteiger charge is 2.26. The molecule has 3 rings (SSSR count). The van der Waals surface area contributed by atoms with Crippen LogP contribution in [-0.2, 0) is 0 Å². The molecule has 31 heavy (non-hydrogen) atoms. The molecule has 0 atom stereocenters. The molecule has 168 valence electrons. The molecule has 2 aromatic rings. The summed E-state index contributed by atoms with van der Waals surface area (Å²) in [5.74, 6) is 0.256. The molecular weight excluding hydrogens is 404 g/mol. The molecule has 0 aromatic heterocycles. The van der Waals surface area contributed by atoms with E-state index < -0.39 is 11.6 Å². The van der Waals surface area contributed by atoms with E-state index in [-0.39, 0.29) is 17.8 Å². The van der Waals surface area contributed by atoms with E-state index in [4.69, 9.17) is 14.2 Å². The van der Waals surface area contributed by atoms with Crippen molar-refractivity contribution in [2.45, 2.75) is 39.2 Å². The summed E-state index contributed by atoms with van der Waals surface area (Å²) in [7, 11) is 1.55. The zero-order chi connectivity index (χ0) is 22.4. The predicted octanol–water partition coefficient (Wildman–Crippen LogP) is 5.08. The zero-order valence-corrected chi connectivity index (χ0v) is 18.2. The predicted molar refractivity (Wildman–Crippen MR) is 114 cm³/mol. The average Bonchev–Trinajstić information content (AvgIpc) is 2.75. The molecule has 1 saturated heterocycles. The van der Waals surface area contributed by atoms with Crippen molar-refractivity contribution in [1.82, 2.24) is 4.90 Å². The van der Waals surface area contributed by atoms with Crippen LogP contribution in [0.1, 0.15) is 43.5 Å². The first-order valence-electron chi connectivity index (χ1n) is 10.6. The van der Waals surface area contributed by atoms with Crippen molar-refractivity contribution in [3.8, 4) is 17.2 Å². The topological polar surface area (TPSA) is 48.0 Å². The maximum Gasteiger partial charge on any atom is 0.253 e. The molecule has 5 nitrogen and oxygen atoms in total. The first-order chi connectivity index (χ1) is 14.9. The van der Waals surface area contributed by atoms with E-state index in [1.807, 2.05) is 0 Å². The van der Waals surface area contributed by atoms with Crippen molar-refractivity contribution >= 4 is 5.91 Å². The molecule has 1 amide bonds. The molecule has 1 fully saturated rings. The molecule has 2 aromatic carbocycles. The lowest BCUT2D eigenvalue weighted by atomic mass is 10.1. The zero-order valence-electron chi connectivity index (χ0n) is 18.2. The summed E-state index contributed by atoms with van der Waals surface area (Å²) < 4.78 is 43.7. The van der Waals surface area contributed by atoms with Gasteiger partial charge in [0.2, 0.25) is 0 Å². The van der Waals surface area contributed by atoms with Gasteiger partial charge in [-0.15, -0.1) is 0 Å². The van der Waals surface area contributed by atoms with Gasteiger partial charge >= 0.3 is 0 Å². The van der Waals surface area contributed by atoms with Crippen LogP contribution in [0, 0.1) is 17.6 Å². The summed E-state index contributed by atoms with van der Waals surface area (Å²) in [5.41, 5.74) is 0.525. The number of hydrogen-bond acceptors (Lipinski definition) is 4. The number of ether oxygens (including phenoxy) is 3. The van der Waals surface area contributed by atoms with E-state index in [2.05, 4.69) is 13.8 Å². The average molecular weight is 433 g/mol. The first-order valence-corrected chi connectivity index (χ1v) is 10.6. The van der Waals surface area contributed by atoms with E-state index in [0.29, 0.717) is 55.5 Å². The smallest absolute Gasteiger partial charge is 0.253 e. The number of carbonyl (C=O) groups excluding carboxylic acids is 1. The Hall–Kier alpha value is -2.83. The van der Waals surface area contributed by atoms with Crippen molar-refractivity contribution in [2.24, 2.45) is 5.92 Å². The van der Waals surface area contributed by atoms with Gasteiger partial charge in [-0.1, -0.05) is 13.8 Å². The lowest BCUT2D eigenvalue weighted by Gasteiger charge is -2.32. The molecule has 0 spiro atoms. The van der Waals surface area contributed by atoms with Crippen LogP contribution in [0.5, 0.6) is 17.2 Å². The summed E-state index contributed by atoms with van der Waals surface area (Å²) >= 11 is 0. The van der Waals surface area contributed by atoms with E-state index >= 15 is 0 Å². The summed E-state index contributed by atoms with van der Waals surface area (Å²) in [4.78, 5) is 14.7. The quantitative estimate of drug-likeness (QED) is 0.582. The second kappa shape index (κ2) is 10.5. The molecule has 7 heteroatoms. The Balaban J connectivity index is 1.57. The molecule has 0 bridgehead atoms. The third kappa shape index (κ3) is 6.09. The number of methoxy groups -OCH3 is 1.